The van der Waals surface area contributed by atoms with Crippen LogP contribution in [0.2, 0.25) is 0 Å². The van der Waals surface area contributed by atoms with Crippen molar-refractivity contribution in [2.75, 3.05) is 12.4 Å². The molecule has 2 rings (SSSR count). The quantitative estimate of drug-likeness (QED) is 0.492. The van der Waals surface area contributed by atoms with E-state index in [9.17, 15) is 15.0 Å². The van der Waals surface area contributed by atoms with Gasteiger partial charge in [0.05, 0.1) is 18.4 Å². The standard InChI is InChI=1S/C21H23N5O4/c1-6-8-9-13(12(3)4)15(7-2)26-19(24-25-21(26)23-20(22)29)14-10-18(30-5)17(28)11-16(14)27/h6-11,27-28H,1-3H2,4-5H3,(H3,22,23,25,29)/b9-8-,15-13+. The fourth-order valence-corrected chi connectivity index (χ4v) is 2.71. The van der Waals surface area contributed by atoms with Gasteiger partial charge < -0.3 is 20.7 Å². The van der Waals surface area contributed by atoms with E-state index in [4.69, 9.17) is 10.5 Å². The number of rotatable bonds is 8. The van der Waals surface area contributed by atoms with Crippen LogP contribution >= 0.6 is 0 Å². The van der Waals surface area contributed by atoms with Crippen LogP contribution in [0.4, 0.5) is 10.7 Å². The van der Waals surface area contributed by atoms with Gasteiger partial charge in [-0.1, -0.05) is 38.0 Å². The molecule has 0 aliphatic rings. The summed E-state index contributed by atoms with van der Waals surface area (Å²) in [5.41, 5.74) is 7.23. The van der Waals surface area contributed by atoms with Crippen LogP contribution < -0.4 is 15.8 Å². The maximum atomic E-state index is 11.5. The van der Waals surface area contributed by atoms with Gasteiger partial charge >= 0.3 is 6.03 Å². The number of allylic oxidation sites excluding steroid dienone is 7. The van der Waals surface area contributed by atoms with E-state index in [0.717, 1.165) is 6.07 Å². The zero-order valence-electron chi connectivity index (χ0n) is 16.7. The van der Waals surface area contributed by atoms with Crippen molar-refractivity contribution in [3.8, 4) is 28.6 Å². The topological polar surface area (TPSA) is 136 Å². The first-order chi connectivity index (χ1) is 14.2. The molecular formula is C21H23N5O4. The first-order valence-corrected chi connectivity index (χ1v) is 8.69. The number of methoxy groups -OCH3 is 1. The zero-order chi connectivity index (χ0) is 22.4. The van der Waals surface area contributed by atoms with Gasteiger partial charge in [0.25, 0.3) is 0 Å². The summed E-state index contributed by atoms with van der Waals surface area (Å²) in [4.78, 5) is 11.5. The van der Waals surface area contributed by atoms with Crippen molar-refractivity contribution >= 4 is 17.7 Å². The molecule has 0 unspecified atom stereocenters. The number of nitrogens with one attached hydrogen (secondary N) is 1. The minimum absolute atomic E-state index is 0.00963. The van der Waals surface area contributed by atoms with Crippen molar-refractivity contribution in [3.05, 3.63) is 67.3 Å². The number of anilines is 1. The summed E-state index contributed by atoms with van der Waals surface area (Å²) in [5.74, 6) is -0.303. The molecule has 30 heavy (non-hydrogen) atoms. The largest absolute Gasteiger partial charge is 0.507 e. The Hall–Kier alpha value is -4.27. The highest BCUT2D eigenvalue weighted by Gasteiger charge is 2.23. The highest BCUT2D eigenvalue weighted by atomic mass is 16.5. The number of phenolic OH excluding ortho intramolecular Hbond substituents is 2. The average Bonchev–Trinajstić information content (AvgIpc) is 3.07. The SMILES string of the molecule is C=C/C=C\C(C(=C)C)=C(\C=C)n1c(NC(N)=O)nnc1-c1cc(OC)c(O)cc1O. The molecule has 2 aromatic rings. The number of aromatic hydroxyl groups is 2. The van der Waals surface area contributed by atoms with E-state index in [1.54, 1.807) is 25.2 Å². The normalized spacial score (nSPS) is 11.7. The van der Waals surface area contributed by atoms with Crippen molar-refractivity contribution in [1.82, 2.24) is 14.8 Å². The molecule has 0 aliphatic carbocycles. The number of ether oxygens (including phenoxy) is 1. The second kappa shape index (κ2) is 9.28. The first-order valence-electron chi connectivity index (χ1n) is 8.69. The van der Waals surface area contributed by atoms with E-state index in [2.05, 4.69) is 35.3 Å². The fourth-order valence-electron chi connectivity index (χ4n) is 2.71. The van der Waals surface area contributed by atoms with Crippen molar-refractivity contribution < 1.29 is 19.7 Å². The lowest BCUT2D eigenvalue weighted by Gasteiger charge is -2.16. The Kier molecular flexibility index (Phi) is 6.82. The number of hydrogen-bond donors (Lipinski definition) is 4. The molecule has 2 amide bonds. The molecule has 0 saturated carbocycles. The number of amides is 2. The van der Waals surface area contributed by atoms with Crippen LogP contribution in [0.3, 0.4) is 0 Å². The maximum Gasteiger partial charge on any atom is 0.319 e. The molecule has 0 spiro atoms. The number of phenols is 2. The molecule has 0 fully saturated rings. The zero-order valence-corrected chi connectivity index (χ0v) is 16.7. The Bertz CT molecular complexity index is 1080. The number of carbonyl (C=O) groups excluding carboxylic acids is 1. The van der Waals surface area contributed by atoms with Crippen molar-refractivity contribution in [3.63, 3.8) is 0 Å². The fraction of sp³-hybridized carbons (Fsp3) is 0.0952. The molecule has 1 aromatic carbocycles. The highest BCUT2D eigenvalue weighted by Crippen LogP contribution is 2.40. The van der Waals surface area contributed by atoms with Gasteiger partial charge in [0, 0.05) is 11.6 Å². The smallest absolute Gasteiger partial charge is 0.319 e. The summed E-state index contributed by atoms with van der Waals surface area (Å²) in [5, 5.41) is 30.8. The highest BCUT2D eigenvalue weighted by molar-refractivity contribution is 5.88. The van der Waals surface area contributed by atoms with Gasteiger partial charge in [-0.05, 0) is 24.6 Å². The second-order valence-electron chi connectivity index (χ2n) is 6.09. The third-order valence-electron chi connectivity index (χ3n) is 4.01. The first kappa shape index (κ1) is 22.0. The maximum absolute atomic E-state index is 11.5. The molecule has 0 aliphatic heterocycles. The average molecular weight is 409 g/mol. The molecule has 0 radical (unpaired) electrons. The molecule has 0 atom stereocenters. The number of hydrogen-bond acceptors (Lipinski definition) is 6. The second-order valence-corrected chi connectivity index (χ2v) is 6.09. The lowest BCUT2D eigenvalue weighted by molar-refractivity contribution is 0.259. The molecule has 1 heterocycles. The third-order valence-corrected chi connectivity index (χ3v) is 4.01. The van der Waals surface area contributed by atoms with Crippen molar-refractivity contribution in [2.45, 2.75) is 6.92 Å². The van der Waals surface area contributed by atoms with Gasteiger partial charge in [-0.3, -0.25) is 9.88 Å². The van der Waals surface area contributed by atoms with Crippen molar-refractivity contribution in [2.24, 2.45) is 5.73 Å². The Labute approximate surface area is 173 Å². The molecule has 9 heteroatoms. The van der Waals surface area contributed by atoms with E-state index in [1.807, 2.05) is 0 Å². The van der Waals surface area contributed by atoms with Crippen LogP contribution in [0, 0.1) is 0 Å². The molecule has 9 nitrogen and oxygen atoms in total. The molecule has 0 saturated heterocycles. The predicted molar refractivity (Wildman–Crippen MR) is 116 cm³/mol. The minimum Gasteiger partial charge on any atom is -0.507 e. The Balaban J connectivity index is 2.93. The number of nitrogens with two attached hydrogens (primary N) is 1. The molecular weight excluding hydrogens is 386 g/mol. The van der Waals surface area contributed by atoms with Gasteiger partial charge in [-0.25, -0.2) is 4.79 Å². The summed E-state index contributed by atoms with van der Waals surface area (Å²) in [6.07, 6.45) is 6.57. The molecule has 0 bridgehead atoms. The summed E-state index contributed by atoms with van der Waals surface area (Å²) in [6, 6.07) is 1.65. The van der Waals surface area contributed by atoms with E-state index < -0.39 is 6.03 Å². The number of primary amides is 1. The van der Waals surface area contributed by atoms with Gasteiger partial charge in [-0.15, -0.1) is 10.2 Å². The van der Waals surface area contributed by atoms with Crippen LogP contribution in [0.25, 0.3) is 17.1 Å². The Morgan fingerprint density at radius 3 is 2.50 bits per heavy atom. The summed E-state index contributed by atoms with van der Waals surface area (Å²) in [6.45, 7) is 13.3. The Morgan fingerprint density at radius 2 is 1.97 bits per heavy atom. The minimum atomic E-state index is -0.857. The monoisotopic (exact) mass is 409 g/mol. The van der Waals surface area contributed by atoms with Gasteiger partial charge in [0.2, 0.25) is 5.95 Å². The summed E-state index contributed by atoms with van der Waals surface area (Å²) < 4.78 is 6.57. The van der Waals surface area contributed by atoms with Gasteiger partial charge in [0.15, 0.2) is 17.3 Å². The number of nitrogens with zero attached hydrogens (tertiary/aromatic N) is 3. The summed E-state index contributed by atoms with van der Waals surface area (Å²) >= 11 is 0. The number of benzene rings is 1. The molecule has 5 N–H and O–H groups in total. The number of carbonyl (C=O) groups is 1. The third kappa shape index (κ3) is 4.41. The van der Waals surface area contributed by atoms with Crippen LogP contribution in [-0.4, -0.2) is 38.1 Å². The lowest BCUT2D eigenvalue weighted by atomic mass is 10.0. The number of urea groups is 1. The molecule has 156 valence electrons. The van der Waals surface area contributed by atoms with E-state index in [0.29, 0.717) is 16.8 Å². The molecule has 1 aromatic heterocycles. The van der Waals surface area contributed by atoms with Gasteiger partial charge in [-0.2, -0.15) is 0 Å². The number of aromatic nitrogens is 3. The van der Waals surface area contributed by atoms with E-state index in [-0.39, 0.29) is 34.6 Å². The van der Waals surface area contributed by atoms with Gasteiger partial charge in [0.1, 0.15) is 5.75 Å². The van der Waals surface area contributed by atoms with Crippen LogP contribution in [0.15, 0.2) is 67.3 Å². The lowest BCUT2D eigenvalue weighted by Crippen LogP contribution is -2.22. The van der Waals surface area contributed by atoms with Crippen LogP contribution in [-0.2, 0) is 0 Å². The predicted octanol–water partition coefficient (Wildman–Crippen LogP) is 3.57. The van der Waals surface area contributed by atoms with E-state index >= 15 is 0 Å². The van der Waals surface area contributed by atoms with Crippen LogP contribution in [0.1, 0.15) is 6.92 Å². The summed E-state index contributed by atoms with van der Waals surface area (Å²) in [7, 11) is 1.37. The van der Waals surface area contributed by atoms with Crippen LogP contribution in [0.5, 0.6) is 17.2 Å². The van der Waals surface area contributed by atoms with Crippen molar-refractivity contribution in [1.29, 1.82) is 0 Å². The Morgan fingerprint density at radius 1 is 1.27 bits per heavy atom. The van der Waals surface area contributed by atoms with E-state index in [1.165, 1.54) is 23.8 Å².